The van der Waals surface area contributed by atoms with E-state index in [1.807, 2.05) is 26.8 Å². The molecule has 2 atom stereocenters. The zero-order chi connectivity index (χ0) is 18.4. The van der Waals surface area contributed by atoms with Gasteiger partial charge in [-0.05, 0) is 67.9 Å². The number of aromatic nitrogens is 1. The molecule has 0 aromatic carbocycles. The molecule has 0 bridgehead atoms. The fourth-order valence-corrected chi connectivity index (χ4v) is 4.11. The van der Waals surface area contributed by atoms with Crippen molar-refractivity contribution in [3.8, 4) is 0 Å². The van der Waals surface area contributed by atoms with Gasteiger partial charge in [0.15, 0.2) is 0 Å². The number of hydrogen-bond donors (Lipinski definition) is 1. The van der Waals surface area contributed by atoms with Crippen molar-refractivity contribution in [1.82, 2.24) is 9.71 Å². The molecular formula is C18H29BrN2O3S. The van der Waals surface area contributed by atoms with E-state index in [1.165, 1.54) is 0 Å². The first kappa shape index (κ1) is 21.1. The van der Waals surface area contributed by atoms with E-state index in [1.54, 1.807) is 13.3 Å². The molecule has 0 spiro atoms. The Morgan fingerprint density at radius 2 is 2.12 bits per heavy atom. The first-order chi connectivity index (χ1) is 11.8. The Bertz CT molecular complexity index is 548. The van der Waals surface area contributed by atoms with Crippen LogP contribution in [0.4, 0.5) is 0 Å². The van der Waals surface area contributed by atoms with Crippen LogP contribution in [0.2, 0.25) is 0 Å². The van der Waals surface area contributed by atoms with Crippen LogP contribution < -0.4 is 4.72 Å². The first-order valence-electron chi connectivity index (χ1n) is 8.70. The average molecular weight is 433 g/mol. The van der Waals surface area contributed by atoms with Crippen molar-refractivity contribution in [2.75, 3.05) is 20.3 Å². The number of pyridine rings is 1. The summed E-state index contributed by atoms with van der Waals surface area (Å²) in [5, 5.41) is 0. The van der Waals surface area contributed by atoms with Gasteiger partial charge in [-0.25, -0.2) is 0 Å². The molecule has 0 unspecified atom stereocenters. The second-order valence-electron chi connectivity index (χ2n) is 7.47. The molecule has 7 heteroatoms. The molecular weight excluding hydrogens is 404 g/mol. The molecule has 1 aromatic heterocycles. The number of nitrogens with zero attached hydrogens (tertiary/aromatic N) is 1. The number of nitrogens with one attached hydrogen (secondary N) is 1. The highest BCUT2D eigenvalue weighted by atomic mass is 79.9. The van der Waals surface area contributed by atoms with E-state index in [2.05, 4.69) is 25.6 Å². The quantitative estimate of drug-likeness (QED) is 0.661. The number of methoxy groups -OCH3 is 1. The van der Waals surface area contributed by atoms with Gasteiger partial charge in [0, 0.05) is 47.9 Å². The summed E-state index contributed by atoms with van der Waals surface area (Å²) in [5.74, 6) is 0.545. The highest BCUT2D eigenvalue weighted by molar-refractivity contribution is 9.10. The van der Waals surface area contributed by atoms with Crippen molar-refractivity contribution in [2.24, 2.45) is 5.92 Å². The summed E-state index contributed by atoms with van der Waals surface area (Å²) in [7, 11) is 1.68. The van der Waals surface area contributed by atoms with Crippen LogP contribution in [0.3, 0.4) is 0 Å². The summed E-state index contributed by atoms with van der Waals surface area (Å²) in [6.07, 6.45) is 4.77. The normalized spacial score (nSPS) is 19.0. The molecule has 25 heavy (non-hydrogen) atoms. The minimum atomic E-state index is -1.16. The fourth-order valence-electron chi connectivity index (χ4n) is 2.91. The monoisotopic (exact) mass is 432 g/mol. The summed E-state index contributed by atoms with van der Waals surface area (Å²) < 4.78 is 27.5. The molecule has 1 aromatic rings. The minimum Gasteiger partial charge on any atom is -0.598 e. The van der Waals surface area contributed by atoms with Crippen LogP contribution in [0, 0.1) is 5.92 Å². The lowest BCUT2D eigenvalue weighted by Gasteiger charge is -2.31. The van der Waals surface area contributed by atoms with Crippen molar-refractivity contribution in [1.29, 1.82) is 0 Å². The predicted octanol–water partition coefficient (Wildman–Crippen LogP) is 3.90. The Morgan fingerprint density at radius 3 is 2.72 bits per heavy atom. The van der Waals surface area contributed by atoms with E-state index >= 15 is 0 Å². The second kappa shape index (κ2) is 9.67. The van der Waals surface area contributed by atoms with Crippen molar-refractivity contribution >= 4 is 27.3 Å². The van der Waals surface area contributed by atoms with E-state index in [0.29, 0.717) is 12.5 Å². The third kappa shape index (κ3) is 6.48. The highest BCUT2D eigenvalue weighted by Crippen LogP contribution is 2.31. The Balaban J connectivity index is 2.26. The van der Waals surface area contributed by atoms with Crippen LogP contribution in [0.5, 0.6) is 0 Å². The Labute approximate surface area is 162 Å². The maximum absolute atomic E-state index is 12.7. The summed E-state index contributed by atoms with van der Waals surface area (Å²) >= 11 is 2.32. The smallest absolute Gasteiger partial charge is 0.136 e. The molecule has 1 aliphatic rings. The molecule has 0 radical (unpaired) electrons. The molecule has 2 heterocycles. The maximum atomic E-state index is 12.7. The van der Waals surface area contributed by atoms with Gasteiger partial charge in [-0.15, -0.1) is 4.72 Å². The van der Waals surface area contributed by atoms with Crippen molar-refractivity contribution in [2.45, 2.75) is 57.4 Å². The maximum Gasteiger partial charge on any atom is 0.136 e. The van der Waals surface area contributed by atoms with Gasteiger partial charge < -0.3 is 14.0 Å². The number of ether oxygens (including phenoxy) is 2. The zero-order valence-electron chi connectivity index (χ0n) is 15.5. The number of hydrogen-bond acceptors (Lipinski definition) is 5. The average Bonchev–Trinajstić information content (AvgIpc) is 2.55. The molecule has 1 saturated heterocycles. The topological polar surface area (TPSA) is 66.4 Å². The molecule has 2 rings (SSSR count). The van der Waals surface area contributed by atoms with Gasteiger partial charge in [-0.2, -0.15) is 0 Å². The van der Waals surface area contributed by atoms with Crippen LogP contribution in [0.15, 0.2) is 16.7 Å². The summed E-state index contributed by atoms with van der Waals surface area (Å²) in [6.45, 7) is 8.03. The van der Waals surface area contributed by atoms with E-state index in [4.69, 9.17) is 9.47 Å². The van der Waals surface area contributed by atoms with Gasteiger partial charge in [0.25, 0.3) is 0 Å². The minimum absolute atomic E-state index is 0.0681. The van der Waals surface area contributed by atoms with Crippen molar-refractivity contribution in [3.63, 3.8) is 0 Å². The van der Waals surface area contributed by atoms with E-state index in [9.17, 15) is 4.55 Å². The molecule has 142 valence electrons. The molecule has 0 amide bonds. The van der Waals surface area contributed by atoms with Gasteiger partial charge in [-0.3, -0.25) is 4.98 Å². The molecule has 1 aliphatic heterocycles. The van der Waals surface area contributed by atoms with Gasteiger partial charge in [0.1, 0.15) is 4.75 Å². The summed E-state index contributed by atoms with van der Waals surface area (Å²) in [4.78, 5) is 4.64. The SMILES string of the molecule is COCc1cc(Br)cnc1[C@@H](CC1CCOCC1)N[S@+]([O-])C(C)(C)C. The van der Waals surface area contributed by atoms with E-state index in [-0.39, 0.29) is 10.8 Å². The fraction of sp³-hybridized carbons (Fsp3) is 0.722. The Morgan fingerprint density at radius 1 is 1.44 bits per heavy atom. The van der Waals surface area contributed by atoms with Crippen LogP contribution in [0.1, 0.15) is 57.3 Å². The summed E-state index contributed by atoms with van der Waals surface area (Å²) in [5.41, 5.74) is 1.95. The summed E-state index contributed by atoms with van der Waals surface area (Å²) in [6, 6.07) is 1.96. The molecule has 5 nitrogen and oxygen atoms in total. The lowest BCUT2D eigenvalue weighted by molar-refractivity contribution is 0.0610. The number of halogens is 1. The van der Waals surface area contributed by atoms with Crippen LogP contribution in [-0.4, -0.2) is 34.6 Å². The molecule has 0 saturated carbocycles. The third-order valence-corrected chi connectivity index (χ3v) is 6.36. The molecule has 1 fully saturated rings. The van der Waals surface area contributed by atoms with Crippen LogP contribution >= 0.6 is 15.9 Å². The Kier molecular flexibility index (Phi) is 8.17. The van der Waals surface area contributed by atoms with E-state index < -0.39 is 11.4 Å². The van der Waals surface area contributed by atoms with E-state index in [0.717, 1.165) is 48.2 Å². The third-order valence-electron chi connectivity index (χ3n) is 4.31. The zero-order valence-corrected chi connectivity index (χ0v) is 17.9. The van der Waals surface area contributed by atoms with Gasteiger partial charge in [-0.1, -0.05) is 0 Å². The molecule has 1 N–H and O–H groups in total. The van der Waals surface area contributed by atoms with Crippen molar-refractivity contribution in [3.05, 3.63) is 28.0 Å². The van der Waals surface area contributed by atoms with Gasteiger partial charge in [0.05, 0.1) is 18.3 Å². The van der Waals surface area contributed by atoms with Gasteiger partial charge in [0.2, 0.25) is 0 Å². The standard InChI is InChI=1S/C18H29BrN2O3S/c1-18(2,3)25(22)21-16(9-13-5-7-24-8-6-13)17-14(12-23-4)10-15(19)11-20-17/h10-11,13,16,21H,5-9,12H2,1-4H3/t16-,25-/m1/s1. The van der Waals surface area contributed by atoms with Crippen LogP contribution in [-0.2, 0) is 27.4 Å². The molecule has 0 aliphatic carbocycles. The van der Waals surface area contributed by atoms with Gasteiger partial charge >= 0.3 is 0 Å². The van der Waals surface area contributed by atoms with Crippen LogP contribution in [0.25, 0.3) is 0 Å². The highest BCUT2D eigenvalue weighted by Gasteiger charge is 2.33. The Hall–Kier alpha value is -0.180. The number of rotatable bonds is 7. The van der Waals surface area contributed by atoms with Crippen molar-refractivity contribution < 1.29 is 14.0 Å². The first-order valence-corrected chi connectivity index (χ1v) is 10.6. The second-order valence-corrected chi connectivity index (χ2v) is 10.4. The predicted molar refractivity (Wildman–Crippen MR) is 105 cm³/mol. The lowest BCUT2D eigenvalue weighted by atomic mass is 9.90. The largest absolute Gasteiger partial charge is 0.598 e. The lowest BCUT2D eigenvalue weighted by Crippen LogP contribution is -2.42.